The molecule has 0 aromatic carbocycles. The minimum atomic E-state index is -0.295. The number of aromatic nitrogens is 4. The Labute approximate surface area is 134 Å². The van der Waals surface area contributed by atoms with Crippen LogP contribution in [-0.4, -0.2) is 52.1 Å². The lowest BCUT2D eigenvalue weighted by molar-refractivity contribution is 0.0944. The van der Waals surface area contributed by atoms with Gasteiger partial charge in [0, 0.05) is 37.2 Å². The minimum absolute atomic E-state index is 0.244. The third kappa shape index (κ3) is 3.98. The topological polar surface area (TPSA) is 93.1 Å². The fourth-order valence-corrected chi connectivity index (χ4v) is 2.31. The van der Waals surface area contributed by atoms with Crippen LogP contribution in [0.1, 0.15) is 22.0 Å². The summed E-state index contributed by atoms with van der Waals surface area (Å²) in [5.74, 6) is 1.14. The maximum atomic E-state index is 12.0. The van der Waals surface area contributed by atoms with E-state index < -0.39 is 0 Å². The highest BCUT2D eigenvalue weighted by Gasteiger charge is 2.14. The van der Waals surface area contributed by atoms with Gasteiger partial charge in [-0.25, -0.2) is 15.0 Å². The van der Waals surface area contributed by atoms with Gasteiger partial charge in [0.2, 0.25) is 0 Å². The van der Waals surface area contributed by atoms with Gasteiger partial charge in [-0.15, -0.1) is 0 Å². The molecule has 1 fully saturated rings. The van der Waals surface area contributed by atoms with Gasteiger partial charge in [-0.3, -0.25) is 9.78 Å². The number of rotatable bonds is 4. The van der Waals surface area contributed by atoms with Crippen LogP contribution in [0.15, 0.2) is 24.7 Å². The number of ether oxygens (including phenoxy) is 1. The van der Waals surface area contributed by atoms with E-state index in [4.69, 9.17) is 4.74 Å². The lowest BCUT2D eigenvalue weighted by Gasteiger charge is -2.28. The number of aryl methyl sites for hydroxylation is 1. The zero-order valence-electron chi connectivity index (χ0n) is 12.9. The molecule has 8 heteroatoms. The Morgan fingerprint density at radius 1 is 1.30 bits per heavy atom. The van der Waals surface area contributed by atoms with Crippen molar-refractivity contribution < 1.29 is 9.53 Å². The fourth-order valence-electron chi connectivity index (χ4n) is 2.31. The first-order chi connectivity index (χ1) is 11.2. The van der Waals surface area contributed by atoms with E-state index in [1.807, 2.05) is 13.0 Å². The highest BCUT2D eigenvalue weighted by molar-refractivity contribution is 5.91. The van der Waals surface area contributed by atoms with Crippen molar-refractivity contribution in [3.63, 3.8) is 0 Å². The van der Waals surface area contributed by atoms with Gasteiger partial charge < -0.3 is 15.0 Å². The van der Waals surface area contributed by atoms with Gasteiger partial charge in [-0.2, -0.15) is 0 Å². The molecule has 0 atom stereocenters. The molecule has 0 radical (unpaired) electrons. The summed E-state index contributed by atoms with van der Waals surface area (Å²) >= 11 is 0. The van der Waals surface area contributed by atoms with E-state index in [-0.39, 0.29) is 18.1 Å². The fraction of sp³-hybridized carbons (Fsp3) is 0.400. The van der Waals surface area contributed by atoms with Gasteiger partial charge >= 0.3 is 0 Å². The molecule has 23 heavy (non-hydrogen) atoms. The summed E-state index contributed by atoms with van der Waals surface area (Å²) in [6.07, 6.45) is 4.43. The largest absolute Gasteiger partial charge is 0.378 e. The molecule has 0 bridgehead atoms. The lowest BCUT2D eigenvalue weighted by Crippen LogP contribution is -2.37. The number of morpholine rings is 1. The van der Waals surface area contributed by atoms with Crippen molar-refractivity contribution in [1.82, 2.24) is 25.3 Å². The summed E-state index contributed by atoms with van der Waals surface area (Å²) in [4.78, 5) is 30.9. The van der Waals surface area contributed by atoms with Crippen LogP contribution in [0, 0.1) is 6.92 Å². The highest BCUT2D eigenvalue weighted by atomic mass is 16.5. The molecule has 0 aliphatic carbocycles. The first-order valence-corrected chi connectivity index (χ1v) is 7.44. The summed E-state index contributed by atoms with van der Waals surface area (Å²) in [5, 5.41) is 2.76. The van der Waals surface area contributed by atoms with Crippen molar-refractivity contribution in [2.24, 2.45) is 0 Å². The Kier molecular flexibility index (Phi) is 4.72. The zero-order valence-corrected chi connectivity index (χ0v) is 12.9. The van der Waals surface area contributed by atoms with Crippen molar-refractivity contribution in [1.29, 1.82) is 0 Å². The molecule has 1 aliphatic heterocycles. The molecule has 2 aromatic heterocycles. The number of anilines is 1. The molecular formula is C15H18N6O2. The van der Waals surface area contributed by atoms with Crippen LogP contribution in [-0.2, 0) is 11.3 Å². The molecule has 0 spiro atoms. The van der Waals surface area contributed by atoms with Gasteiger partial charge in [0.1, 0.15) is 17.3 Å². The first-order valence-electron chi connectivity index (χ1n) is 7.44. The molecule has 1 N–H and O–H groups in total. The summed E-state index contributed by atoms with van der Waals surface area (Å²) in [6, 6.07) is 1.94. The first kappa shape index (κ1) is 15.3. The third-order valence-electron chi connectivity index (χ3n) is 3.42. The number of nitrogens with zero attached hydrogens (tertiary/aromatic N) is 5. The standard InChI is InChI=1S/C15H18N6O2/c1-11-8-14(21-4-6-23-7-5-21)20-13(19-11)10-18-15(22)12-9-16-2-3-17-12/h2-3,8-9H,4-7,10H2,1H3,(H,18,22). The zero-order chi connectivity index (χ0) is 16.1. The van der Waals surface area contributed by atoms with Gasteiger partial charge in [0.25, 0.3) is 5.91 Å². The van der Waals surface area contributed by atoms with E-state index >= 15 is 0 Å². The molecular weight excluding hydrogens is 296 g/mol. The second kappa shape index (κ2) is 7.10. The molecule has 1 aliphatic rings. The number of carbonyl (C=O) groups excluding carboxylic acids is 1. The molecule has 3 rings (SSSR count). The Morgan fingerprint density at radius 3 is 2.87 bits per heavy atom. The summed E-state index contributed by atoms with van der Waals surface area (Å²) in [7, 11) is 0. The van der Waals surface area contributed by atoms with E-state index in [1.165, 1.54) is 18.6 Å². The molecule has 1 amide bonds. The second-order valence-electron chi connectivity index (χ2n) is 5.16. The van der Waals surface area contributed by atoms with Crippen LogP contribution in [0.4, 0.5) is 5.82 Å². The van der Waals surface area contributed by atoms with E-state index in [9.17, 15) is 4.79 Å². The van der Waals surface area contributed by atoms with E-state index in [0.717, 1.165) is 24.6 Å². The second-order valence-corrected chi connectivity index (χ2v) is 5.16. The Morgan fingerprint density at radius 2 is 2.13 bits per heavy atom. The number of nitrogens with one attached hydrogen (secondary N) is 1. The Bertz CT molecular complexity index is 673. The van der Waals surface area contributed by atoms with Crippen LogP contribution in [0.3, 0.4) is 0 Å². The predicted octanol–water partition coefficient (Wildman–Crippen LogP) is 0.342. The molecule has 0 unspecified atom stereocenters. The van der Waals surface area contributed by atoms with Crippen LogP contribution < -0.4 is 10.2 Å². The minimum Gasteiger partial charge on any atom is -0.378 e. The molecule has 120 valence electrons. The lowest BCUT2D eigenvalue weighted by atomic mass is 10.3. The molecule has 8 nitrogen and oxygen atoms in total. The number of amides is 1. The van der Waals surface area contributed by atoms with Crippen molar-refractivity contribution in [3.8, 4) is 0 Å². The summed E-state index contributed by atoms with van der Waals surface area (Å²) in [6.45, 7) is 5.17. The maximum Gasteiger partial charge on any atom is 0.271 e. The van der Waals surface area contributed by atoms with E-state index in [0.29, 0.717) is 19.0 Å². The molecule has 3 heterocycles. The third-order valence-corrected chi connectivity index (χ3v) is 3.42. The van der Waals surface area contributed by atoms with Crippen LogP contribution in [0.5, 0.6) is 0 Å². The average Bonchev–Trinajstić information content (AvgIpc) is 2.61. The molecule has 2 aromatic rings. The number of hydrogen-bond acceptors (Lipinski definition) is 7. The quantitative estimate of drug-likeness (QED) is 0.870. The van der Waals surface area contributed by atoms with Crippen LogP contribution >= 0.6 is 0 Å². The van der Waals surface area contributed by atoms with Crippen molar-refractivity contribution in [3.05, 3.63) is 41.9 Å². The van der Waals surface area contributed by atoms with Gasteiger partial charge in [-0.05, 0) is 6.92 Å². The molecule has 1 saturated heterocycles. The monoisotopic (exact) mass is 314 g/mol. The summed E-state index contributed by atoms with van der Waals surface area (Å²) in [5.41, 5.74) is 1.14. The van der Waals surface area contributed by atoms with E-state index in [1.54, 1.807) is 0 Å². The summed E-state index contributed by atoms with van der Waals surface area (Å²) < 4.78 is 5.35. The van der Waals surface area contributed by atoms with Crippen molar-refractivity contribution in [2.45, 2.75) is 13.5 Å². The number of carbonyl (C=O) groups is 1. The SMILES string of the molecule is Cc1cc(N2CCOCC2)nc(CNC(=O)c2cnccn2)n1. The molecule has 0 saturated carbocycles. The van der Waals surface area contributed by atoms with E-state index in [2.05, 4.69) is 30.2 Å². The Hall–Kier alpha value is -2.61. The predicted molar refractivity (Wildman–Crippen MR) is 83.0 cm³/mol. The van der Waals surface area contributed by atoms with Gasteiger partial charge in [0.05, 0.1) is 26.0 Å². The van der Waals surface area contributed by atoms with Crippen molar-refractivity contribution >= 4 is 11.7 Å². The maximum absolute atomic E-state index is 12.0. The highest BCUT2D eigenvalue weighted by Crippen LogP contribution is 2.14. The average molecular weight is 314 g/mol. The van der Waals surface area contributed by atoms with Crippen molar-refractivity contribution in [2.75, 3.05) is 31.2 Å². The number of hydrogen-bond donors (Lipinski definition) is 1. The smallest absolute Gasteiger partial charge is 0.271 e. The normalized spacial score (nSPS) is 14.6. The Balaban J connectivity index is 1.68. The van der Waals surface area contributed by atoms with Gasteiger partial charge in [0.15, 0.2) is 0 Å². The van der Waals surface area contributed by atoms with Gasteiger partial charge in [-0.1, -0.05) is 0 Å². The van der Waals surface area contributed by atoms with Crippen LogP contribution in [0.2, 0.25) is 0 Å². The van der Waals surface area contributed by atoms with Crippen LogP contribution in [0.25, 0.3) is 0 Å².